The average molecular weight is 326 g/mol. The van der Waals surface area contributed by atoms with Gasteiger partial charge in [0.15, 0.2) is 10.4 Å². The average Bonchev–Trinajstić information content (AvgIpc) is 2.97. The first-order valence-electron chi connectivity index (χ1n) is 5.86. The van der Waals surface area contributed by atoms with Crippen molar-refractivity contribution >= 4 is 33.2 Å². The van der Waals surface area contributed by atoms with E-state index in [0.717, 1.165) is 19.3 Å². The third kappa shape index (κ3) is 2.24. The molecule has 2 heterocycles. The minimum atomic E-state index is -0.148. The summed E-state index contributed by atoms with van der Waals surface area (Å²) in [6.07, 6.45) is 3.25. The molecule has 1 N–H and O–H groups in total. The molecule has 94 valence electrons. The van der Waals surface area contributed by atoms with Crippen molar-refractivity contribution in [2.75, 3.05) is 0 Å². The summed E-state index contributed by atoms with van der Waals surface area (Å²) in [6, 6.07) is 5.64. The van der Waals surface area contributed by atoms with Gasteiger partial charge >= 0.3 is 0 Å². The number of hydrogen-bond donors (Lipinski definition) is 1. The molecule has 1 amide bonds. The molecular formula is C13H12BrNO2S. The van der Waals surface area contributed by atoms with Crippen molar-refractivity contribution in [3.05, 3.63) is 44.4 Å². The minimum absolute atomic E-state index is 0.122. The van der Waals surface area contributed by atoms with Gasteiger partial charge in [0.25, 0.3) is 5.91 Å². The number of carbonyl (C=O) groups excluding carboxylic acids is 1. The van der Waals surface area contributed by atoms with E-state index in [1.165, 1.54) is 10.4 Å². The van der Waals surface area contributed by atoms with Gasteiger partial charge in [0.1, 0.15) is 0 Å². The van der Waals surface area contributed by atoms with Crippen LogP contribution in [0.3, 0.4) is 0 Å². The highest BCUT2D eigenvalue weighted by Gasteiger charge is 2.24. The van der Waals surface area contributed by atoms with Gasteiger partial charge < -0.3 is 9.73 Å². The van der Waals surface area contributed by atoms with Crippen LogP contribution in [0.5, 0.6) is 0 Å². The molecule has 5 heteroatoms. The lowest BCUT2D eigenvalue weighted by Gasteiger charge is -2.23. The molecule has 2 aromatic heterocycles. The smallest absolute Gasteiger partial charge is 0.287 e. The third-order valence-corrected chi connectivity index (χ3v) is 4.58. The Morgan fingerprint density at radius 3 is 3.11 bits per heavy atom. The number of aryl methyl sites for hydroxylation is 1. The van der Waals surface area contributed by atoms with Crippen LogP contribution < -0.4 is 5.32 Å². The monoisotopic (exact) mass is 325 g/mol. The first kappa shape index (κ1) is 12.0. The molecule has 1 atom stereocenters. The highest BCUT2D eigenvalue weighted by atomic mass is 79.9. The molecular weight excluding hydrogens is 314 g/mol. The van der Waals surface area contributed by atoms with E-state index in [1.54, 1.807) is 23.5 Å². The molecule has 0 spiro atoms. The molecule has 3 nitrogen and oxygen atoms in total. The van der Waals surface area contributed by atoms with Crippen molar-refractivity contribution in [3.8, 4) is 0 Å². The van der Waals surface area contributed by atoms with Crippen LogP contribution in [0.15, 0.2) is 32.7 Å². The van der Waals surface area contributed by atoms with Gasteiger partial charge in [-0.1, -0.05) is 0 Å². The lowest BCUT2D eigenvalue weighted by atomic mass is 9.94. The van der Waals surface area contributed by atoms with Crippen LogP contribution in [-0.4, -0.2) is 5.91 Å². The second kappa shape index (κ2) is 4.90. The van der Waals surface area contributed by atoms with Crippen molar-refractivity contribution in [1.29, 1.82) is 0 Å². The molecule has 0 radical (unpaired) electrons. The Labute approximate surface area is 117 Å². The van der Waals surface area contributed by atoms with Gasteiger partial charge in [0.05, 0.1) is 6.04 Å². The predicted octanol–water partition coefficient (Wildman–Crippen LogP) is 3.91. The first-order valence-corrected chi connectivity index (χ1v) is 7.54. The molecule has 3 rings (SSSR count). The number of fused-ring (bicyclic) bond motifs is 1. The third-order valence-electron chi connectivity index (χ3n) is 3.15. The molecule has 2 aromatic rings. The Hall–Kier alpha value is -1.07. The minimum Gasteiger partial charge on any atom is -0.444 e. The van der Waals surface area contributed by atoms with Crippen LogP contribution >= 0.6 is 27.3 Å². The molecule has 0 bridgehead atoms. The van der Waals surface area contributed by atoms with Gasteiger partial charge in [-0.3, -0.25) is 4.79 Å². The molecule has 0 saturated heterocycles. The van der Waals surface area contributed by atoms with Crippen LogP contribution in [-0.2, 0) is 6.42 Å². The standard InChI is InChI=1S/C13H12BrNO2S/c14-12-5-4-10(17-12)13(16)15-9-2-1-3-11-8(9)6-7-18-11/h4-7,9H,1-3H2,(H,15,16). The fourth-order valence-electron chi connectivity index (χ4n) is 2.30. The van der Waals surface area contributed by atoms with Gasteiger partial charge in [-0.05, 0) is 64.3 Å². The summed E-state index contributed by atoms with van der Waals surface area (Å²) in [5, 5.41) is 5.14. The molecule has 1 aliphatic rings. The molecule has 0 aliphatic heterocycles. The van der Waals surface area contributed by atoms with E-state index in [2.05, 4.69) is 32.7 Å². The van der Waals surface area contributed by atoms with Crippen molar-refractivity contribution in [2.24, 2.45) is 0 Å². The van der Waals surface area contributed by atoms with Gasteiger partial charge in [-0.2, -0.15) is 0 Å². The maximum Gasteiger partial charge on any atom is 0.287 e. The van der Waals surface area contributed by atoms with Crippen LogP contribution in [0.4, 0.5) is 0 Å². The lowest BCUT2D eigenvalue weighted by Crippen LogP contribution is -2.30. The van der Waals surface area contributed by atoms with Gasteiger partial charge in [-0.25, -0.2) is 0 Å². The number of thiophene rings is 1. The summed E-state index contributed by atoms with van der Waals surface area (Å²) < 4.78 is 5.84. The Bertz CT molecular complexity index is 575. The quantitative estimate of drug-likeness (QED) is 0.909. The molecule has 1 unspecified atom stereocenters. The SMILES string of the molecule is O=C(NC1CCCc2sccc21)c1ccc(Br)o1. The van der Waals surface area contributed by atoms with Crippen molar-refractivity contribution in [3.63, 3.8) is 0 Å². The molecule has 0 fully saturated rings. The number of hydrogen-bond acceptors (Lipinski definition) is 3. The molecule has 0 saturated carbocycles. The van der Waals surface area contributed by atoms with Crippen molar-refractivity contribution in [2.45, 2.75) is 25.3 Å². The molecule has 1 aliphatic carbocycles. The van der Waals surface area contributed by atoms with E-state index in [0.29, 0.717) is 10.4 Å². The molecule has 18 heavy (non-hydrogen) atoms. The second-order valence-electron chi connectivity index (χ2n) is 4.32. The number of nitrogens with one attached hydrogen (secondary N) is 1. The van der Waals surface area contributed by atoms with E-state index in [9.17, 15) is 4.79 Å². The predicted molar refractivity (Wildman–Crippen MR) is 73.9 cm³/mol. The van der Waals surface area contributed by atoms with Crippen LogP contribution in [0.2, 0.25) is 0 Å². The van der Waals surface area contributed by atoms with Gasteiger partial charge in [0.2, 0.25) is 0 Å². The Kier molecular flexibility index (Phi) is 3.26. The Morgan fingerprint density at radius 2 is 2.33 bits per heavy atom. The Morgan fingerprint density at radius 1 is 1.44 bits per heavy atom. The highest BCUT2D eigenvalue weighted by Crippen LogP contribution is 2.33. The highest BCUT2D eigenvalue weighted by molar-refractivity contribution is 9.10. The Balaban J connectivity index is 1.77. The fourth-order valence-corrected chi connectivity index (χ4v) is 3.60. The zero-order valence-corrected chi connectivity index (χ0v) is 12.0. The van der Waals surface area contributed by atoms with E-state index < -0.39 is 0 Å². The number of halogens is 1. The summed E-state index contributed by atoms with van der Waals surface area (Å²) in [5.74, 6) is 0.203. The maximum absolute atomic E-state index is 12.0. The maximum atomic E-state index is 12.0. The van der Waals surface area contributed by atoms with Gasteiger partial charge in [-0.15, -0.1) is 11.3 Å². The largest absolute Gasteiger partial charge is 0.444 e. The second-order valence-corrected chi connectivity index (χ2v) is 6.10. The zero-order valence-electron chi connectivity index (χ0n) is 9.61. The molecule has 0 aromatic carbocycles. The number of rotatable bonds is 2. The fraction of sp³-hybridized carbons (Fsp3) is 0.308. The van der Waals surface area contributed by atoms with Crippen LogP contribution in [0.25, 0.3) is 0 Å². The van der Waals surface area contributed by atoms with Crippen molar-refractivity contribution in [1.82, 2.24) is 5.32 Å². The number of furan rings is 1. The zero-order chi connectivity index (χ0) is 12.5. The van der Waals surface area contributed by atoms with Crippen LogP contribution in [0, 0.1) is 0 Å². The summed E-state index contributed by atoms with van der Waals surface area (Å²) >= 11 is 4.97. The van der Waals surface area contributed by atoms with E-state index in [4.69, 9.17) is 4.42 Å². The van der Waals surface area contributed by atoms with Crippen LogP contribution in [0.1, 0.15) is 39.9 Å². The topological polar surface area (TPSA) is 42.2 Å². The van der Waals surface area contributed by atoms with Gasteiger partial charge in [0, 0.05) is 4.88 Å². The number of amides is 1. The van der Waals surface area contributed by atoms with E-state index in [1.807, 2.05) is 0 Å². The summed E-state index contributed by atoms with van der Waals surface area (Å²) in [6.45, 7) is 0. The lowest BCUT2D eigenvalue weighted by molar-refractivity contribution is 0.0903. The van der Waals surface area contributed by atoms with E-state index >= 15 is 0 Å². The van der Waals surface area contributed by atoms with Crippen molar-refractivity contribution < 1.29 is 9.21 Å². The summed E-state index contributed by atoms with van der Waals surface area (Å²) in [5.41, 5.74) is 1.27. The first-order chi connectivity index (χ1) is 8.74. The van der Waals surface area contributed by atoms with E-state index in [-0.39, 0.29) is 11.9 Å². The summed E-state index contributed by atoms with van der Waals surface area (Å²) in [7, 11) is 0. The normalized spacial score (nSPS) is 18.4. The summed E-state index contributed by atoms with van der Waals surface area (Å²) in [4.78, 5) is 13.4. The number of carbonyl (C=O) groups is 1.